The topological polar surface area (TPSA) is 58.6 Å². The SMILES string of the molecule is O=C(O)C1CC[C@@H](c2ccc(OCc3ccccc3)cc2)N1. The van der Waals surface area contributed by atoms with E-state index in [4.69, 9.17) is 9.84 Å². The minimum atomic E-state index is -0.773. The number of benzene rings is 2. The van der Waals surface area contributed by atoms with Crippen LogP contribution in [0.2, 0.25) is 0 Å². The lowest BCUT2D eigenvalue weighted by molar-refractivity contribution is -0.139. The van der Waals surface area contributed by atoms with Gasteiger partial charge >= 0.3 is 5.97 Å². The molecule has 0 amide bonds. The van der Waals surface area contributed by atoms with Crippen molar-refractivity contribution in [3.63, 3.8) is 0 Å². The Morgan fingerprint density at radius 1 is 1.09 bits per heavy atom. The lowest BCUT2D eigenvalue weighted by atomic mass is 10.1. The zero-order valence-electron chi connectivity index (χ0n) is 12.2. The first-order chi connectivity index (χ1) is 10.7. The van der Waals surface area contributed by atoms with Gasteiger partial charge < -0.3 is 9.84 Å². The predicted molar refractivity (Wildman–Crippen MR) is 83.8 cm³/mol. The van der Waals surface area contributed by atoms with E-state index in [2.05, 4.69) is 5.32 Å². The maximum absolute atomic E-state index is 11.0. The van der Waals surface area contributed by atoms with Crippen LogP contribution in [0.1, 0.15) is 30.0 Å². The molecule has 0 bridgehead atoms. The summed E-state index contributed by atoms with van der Waals surface area (Å²) in [5.74, 6) is 0.0469. The van der Waals surface area contributed by atoms with Crippen LogP contribution in [0.5, 0.6) is 5.75 Å². The Hall–Kier alpha value is -2.33. The van der Waals surface area contributed by atoms with Crippen LogP contribution in [0.3, 0.4) is 0 Å². The lowest BCUT2D eigenvalue weighted by Gasteiger charge is -2.13. The first kappa shape index (κ1) is 14.6. The number of rotatable bonds is 5. The van der Waals surface area contributed by atoms with Crippen LogP contribution in [0.25, 0.3) is 0 Å². The second kappa shape index (κ2) is 6.62. The molecule has 1 aliphatic rings. The van der Waals surface area contributed by atoms with Gasteiger partial charge in [-0.3, -0.25) is 10.1 Å². The first-order valence-corrected chi connectivity index (χ1v) is 7.48. The molecule has 1 heterocycles. The Balaban J connectivity index is 1.58. The molecule has 0 radical (unpaired) electrons. The summed E-state index contributed by atoms with van der Waals surface area (Å²) in [6.07, 6.45) is 1.52. The van der Waals surface area contributed by atoms with E-state index in [1.165, 1.54) is 0 Å². The molecule has 1 saturated heterocycles. The molecule has 4 heteroatoms. The van der Waals surface area contributed by atoms with Crippen LogP contribution < -0.4 is 10.1 Å². The second-order valence-corrected chi connectivity index (χ2v) is 5.53. The van der Waals surface area contributed by atoms with Crippen LogP contribution in [0.4, 0.5) is 0 Å². The van der Waals surface area contributed by atoms with E-state index in [1.54, 1.807) is 0 Å². The van der Waals surface area contributed by atoms with Crippen LogP contribution in [-0.2, 0) is 11.4 Å². The summed E-state index contributed by atoms with van der Waals surface area (Å²) in [4.78, 5) is 11.0. The molecule has 0 saturated carbocycles. The third-order valence-corrected chi connectivity index (χ3v) is 3.98. The summed E-state index contributed by atoms with van der Waals surface area (Å²) in [7, 11) is 0. The molecule has 1 aliphatic heterocycles. The van der Waals surface area contributed by atoms with Gasteiger partial charge in [0.15, 0.2) is 0 Å². The van der Waals surface area contributed by atoms with E-state index in [0.717, 1.165) is 23.3 Å². The predicted octanol–water partition coefficient (Wildman–Crippen LogP) is 3.14. The number of carboxylic acids is 1. The van der Waals surface area contributed by atoms with E-state index in [1.807, 2.05) is 54.6 Å². The molecule has 0 aromatic heterocycles. The number of carboxylic acid groups (broad SMARTS) is 1. The van der Waals surface area contributed by atoms with Gasteiger partial charge in [0, 0.05) is 6.04 Å². The van der Waals surface area contributed by atoms with Crippen molar-refractivity contribution in [3.8, 4) is 5.75 Å². The Morgan fingerprint density at radius 3 is 2.45 bits per heavy atom. The molecule has 0 aliphatic carbocycles. The summed E-state index contributed by atoms with van der Waals surface area (Å²) < 4.78 is 5.75. The minimum absolute atomic E-state index is 0.115. The van der Waals surface area contributed by atoms with Gasteiger partial charge in [-0.05, 0) is 36.1 Å². The summed E-state index contributed by atoms with van der Waals surface area (Å²) in [5.41, 5.74) is 2.24. The summed E-state index contributed by atoms with van der Waals surface area (Å²) in [6, 6.07) is 17.6. The molecule has 1 unspecified atom stereocenters. The molecular weight excluding hydrogens is 278 g/mol. The molecule has 2 atom stereocenters. The van der Waals surface area contributed by atoms with Gasteiger partial charge in [-0.1, -0.05) is 42.5 Å². The van der Waals surface area contributed by atoms with E-state index in [9.17, 15) is 4.79 Å². The fourth-order valence-corrected chi connectivity index (χ4v) is 2.74. The quantitative estimate of drug-likeness (QED) is 0.890. The standard InChI is InChI=1S/C18H19NO3/c20-18(21)17-11-10-16(19-17)14-6-8-15(9-7-14)22-12-13-4-2-1-3-5-13/h1-9,16-17,19H,10-12H2,(H,20,21)/t16-,17?/m0/s1. The number of hydrogen-bond donors (Lipinski definition) is 2. The molecule has 2 aromatic carbocycles. The molecular formula is C18H19NO3. The zero-order chi connectivity index (χ0) is 15.4. The molecule has 114 valence electrons. The van der Waals surface area contributed by atoms with Gasteiger partial charge in [0.25, 0.3) is 0 Å². The van der Waals surface area contributed by atoms with Crippen molar-refractivity contribution >= 4 is 5.97 Å². The van der Waals surface area contributed by atoms with Gasteiger partial charge in [0.2, 0.25) is 0 Å². The van der Waals surface area contributed by atoms with E-state index >= 15 is 0 Å². The maximum atomic E-state index is 11.0. The monoisotopic (exact) mass is 297 g/mol. The van der Waals surface area contributed by atoms with E-state index < -0.39 is 12.0 Å². The van der Waals surface area contributed by atoms with Crippen molar-refractivity contribution in [1.29, 1.82) is 0 Å². The number of carbonyl (C=O) groups is 1. The summed E-state index contributed by atoms with van der Waals surface area (Å²) >= 11 is 0. The molecule has 2 N–H and O–H groups in total. The van der Waals surface area contributed by atoms with Gasteiger partial charge in [-0.15, -0.1) is 0 Å². The second-order valence-electron chi connectivity index (χ2n) is 5.53. The summed E-state index contributed by atoms with van der Waals surface area (Å²) in [6.45, 7) is 0.545. The van der Waals surface area contributed by atoms with Crippen molar-refractivity contribution in [2.75, 3.05) is 0 Å². The highest BCUT2D eigenvalue weighted by molar-refractivity contribution is 5.73. The highest BCUT2D eigenvalue weighted by Crippen LogP contribution is 2.28. The molecule has 3 rings (SSSR count). The number of nitrogens with one attached hydrogen (secondary N) is 1. The Kier molecular flexibility index (Phi) is 4.39. The van der Waals surface area contributed by atoms with Crippen molar-refractivity contribution in [2.24, 2.45) is 0 Å². The molecule has 22 heavy (non-hydrogen) atoms. The first-order valence-electron chi connectivity index (χ1n) is 7.48. The van der Waals surface area contributed by atoms with Crippen molar-refractivity contribution < 1.29 is 14.6 Å². The number of ether oxygens (including phenoxy) is 1. The third-order valence-electron chi connectivity index (χ3n) is 3.98. The van der Waals surface area contributed by atoms with Crippen molar-refractivity contribution in [2.45, 2.75) is 31.5 Å². The number of hydrogen-bond acceptors (Lipinski definition) is 3. The Morgan fingerprint density at radius 2 is 1.82 bits per heavy atom. The molecule has 1 fully saturated rings. The Labute approximate surface area is 129 Å². The third kappa shape index (κ3) is 3.46. The average molecular weight is 297 g/mol. The highest BCUT2D eigenvalue weighted by atomic mass is 16.5. The summed E-state index contributed by atoms with van der Waals surface area (Å²) in [5, 5.41) is 12.2. The van der Waals surface area contributed by atoms with E-state index in [-0.39, 0.29) is 6.04 Å². The largest absolute Gasteiger partial charge is 0.489 e. The average Bonchev–Trinajstić information content (AvgIpc) is 3.05. The van der Waals surface area contributed by atoms with Crippen molar-refractivity contribution in [1.82, 2.24) is 5.32 Å². The highest BCUT2D eigenvalue weighted by Gasteiger charge is 2.29. The zero-order valence-corrected chi connectivity index (χ0v) is 12.2. The van der Waals surface area contributed by atoms with E-state index in [0.29, 0.717) is 13.0 Å². The van der Waals surface area contributed by atoms with Crippen LogP contribution in [0, 0.1) is 0 Å². The van der Waals surface area contributed by atoms with Gasteiger partial charge in [0.1, 0.15) is 18.4 Å². The molecule has 2 aromatic rings. The molecule has 0 spiro atoms. The minimum Gasteiger partial charge on any atom is -0.489 e. The molecule has 4 nitrogen and oxygen atoms in total. The lowest BCUT2D eigenvalue weighted by Crippen LogP contribution is -2.31. The fraction of sp³-hybridized carbons (Fsp3) is 0.278. The Bertz CT molecular complexity index is 625. The van der Waals surface area contributed by atoms with Crippen LogP contribution in [-0.4, -0.2) is 17.1 Å². The van der Waals surface area contributed by atoms with Crippen LogP contribution in [0.15, 0.2) is 54.6 Å². The maximum Gasteiger partial charge on any atom is 0.320 e. The normalized spacial score (nSPS) is 20.7. The van der Waals surface area contributed by atoms with Crippen LogP contribution >= 0.6 is 0 Å². The fourth-order valence-electron chi connectivity index (χ4n) is 2.74. The van der Waals surface area contributed by atoms with Crippen molar-refractivity contribution in [3.05, 3.63) is 65.7 Å². The van der Waals surface area contributed by atoms with Gasteiger partial charge in [-0.25, -0.2) is 0 Å². The number of aliphatic carboxylic acids is 1. The van der Waals surface area contributed by atoms with Gasteiger partial charge in [-0.2, -0.15) is 0 Å². The van der Waals surface area contributed by atoms with Gasteiger partial charge in [0.05, 0.1) is 0 Å². The smallest absolute Gasteiger partial charge is 0.320 e.